The number of hydrogen-bond acceptors (Lipinski definition) is 12. The number of alkyl halides is 3. The number of nitrogens with two attached hydrogens (primary N) is 2. The van der Waals surface area contributed by atoms with Crippen molar-refractivity contribution in [3.8, 4) is 0 Å². The molecular weight excluding hydrogens is 417 g/mol. The van der Waals surface area contributed by atoms with Crippen molar-refractivity contribution in [3.05, 3.63) is 23.7 Å². The highest BCUT2D eigenvalue weighted by Gasteiger charge is 2.74. The van der Waals surface area contributed by atoms with Gasteiger partial charge < -0.3 is 46.2 Å². The Hall–Kier alpha value is -3.04. The first kappa shape index (κ1) is 20.2. The molecule has 30 heavy (non-hydrogen) atoms. The number of halogens is 3. The number of nitrogens with zero attached hydrogens (tertiary/aromatic N) is 3. The lowest BCUT2D eigenvalue weighted by molar-refractivity contribution is -0.257. The SMILES string of the molecule is NC1=N[C@H]2[C@H](CO)N=C(N)N3C[C@H](OC(=O)c4ccc(C(F)(F)F)o4)C(O)(O)[C@]23N1. The predicted octanol–water partition coefficient (Wildman–Crippen LogP) is -2.51. The van der Waals surface area contributed by atoms with E-state index < -0.39 is 66.5 Å². The largest absolute Gasteiger partial charge is 0.449 e. The van der Waals surface area contributed by atoms with Crippen molar-refractivity contribution in [2.75, 3.05) is 13.2 Å². The molecule has 4 rings (SSSR count). The Labute approximate surface area is 165 Å². The lowest BCUT2D eigenvalue weighted by atomic mass is 9.86. The summed E-state index contributed by atoms with van der Waals surface area (Å²) in [5, 5.41) is 34.1. The van der Waals surface area contributed by atoms with E-state index in [1.807, 2.05) is 0 Å². The zero-order valence-corrected chi connectivity index (χ0v) is 15.0. The van der Waals surface area contributed by atoms with Crippen LogP contribution in [0.3, 0.4) is 0 Å². The molecule has 3 aliphatic rings. The van der Waals surface area contributed by atoms with Crippen LogP contribution in [0.25, 0.3) is 0 Å². The Morgan fingerprint density at radius 1 is 1.37 bits per heavy atom. The molecule has 1 aromatic rings. The molecule has 0 unspecified atom stereocenters. The van der Waals surface area contributed by atoms with E-state index in [1.165, 1.54) is 0 Å². The van der Waals surface area contributed by atoms with Crippen LogP contribution in [-0.2, 0) is 10.9 Å². The molecule has 0 radical (unpaired) electrons. The van der Waals surface area contributed by atoms with Gasteiger partial charge in [0.2, 0.25) is 17.3 Å². The van der Waals surface area contributed by atoms with Crippen molar-refractivity contribution >= 4 is 17.9 Å². The number of rotatable bonds is 3. The lowest BCUT2D eigenvalue weighted by Gasteiger charge is -2.48. The van der Waals surface area contributed by atoms with Gasteiger partial charge in [-0.1, -0.05) is 0 Å². The first-order chi connectivity index (χ1) is 13.9. The van der Waals surface area contributed by atoms with Gasteiger partial charge in [0.25, 0.3) is 0 Å². The molecule has 4 heterocycles. The van der Waals surface area contributed by atoms with Gasteiger partial charge in [0.05, 0.1) is 13.2 Å². The van der Waals surface area contributed by atoms with Crippen LogP contribution < -0.4 is 16.8 Å². The summed E-state index contributed by atoms with van der Waals surface area (Å²) in [6, 6.07) is -0.814. The Balaban J connectivity index is 1.64. The summed E-state index contributed by atoms with van der Waals surface area (Å²) in [6.07, 6.45) is -6.53. The summed E-state index contributed by atoms with van der Waals surface area (Å²) in [5.74, 6) is -6.87. The van der Waals surface area contributed by atoms with Gasteiger partial charge in [0.1, 0.15) is 12.1 Å². The Bertz CT molecular complexity index is 946. The minimum absolute atomic E-state index is 0.200. The Kier molecular flexibility index (Phi) is 4.20. The highest BCUT2D eigenvalue weighted by molar-refractivity contribution is 5.88. The molecule has 15 heteroatoms. The average Bonchev–Trinajstić information content (AvgIpc) is 3.32. The standard InChI is InChI=1S/C15H17F3N6O6/c16-15(17,18)7-2-1-6(29-7)10(26)30-8-3-24-12(20)21-5(4-25)9-13(24,14(8,27)28)23-11(19)22-9/h1-2,5,8-9,25,27-28H,3-4H2,(H2,20,21)(H3,19,22,23)/t5-,8-,9-,13-/m0/s1. The highest BCUT2D eigenvalue weighted by atomic mass is 19.4. The molecule has 0 saturated carbocycles. The Morgan fingerprint density at radius 2 is 2.07 bits per heavy atom. The topological polar surface area (TPSA) is 192 Å². The third-order valence-electron chi connectivity index (χ3n) is 5.27. The maximum Gasteiger partial charge on any atom is 0.449 e. The maximum absolute atomic E-state index is 12.7. The van der Waals surface area contributed by atoms with Crippen molar-refractivity contribution in [2.45, 2.75) is 35.8 Å². The number of nitrogens with one attached hydrogen (secondary N) is 1. The van der Waals surface area contributed by atoms with Crippen molar-refractivity contribution < 1.29 is 42.4 Å². The van der Waals surface area contributed by atoms with Crippen molar-refractivity contribution in [1.29, 1.82) is 0 Å². The van der Waals surface area contributed by atoms with Crippen LogP contribution in [0.4, 0.5) is 13.2 Å². The first-order valence-electron chi connectivity index (χ1n) is 8.57. The number of aliphatic imine (C=N–C) groups is 2. The summed E-state index contributed by atoms with van der Waals surface area (Å²) >= 11 is 0. The summed E-state index contributed by atoms with van der Waals surface area (Å²) in [4.78, 5) is 21.5. The van der Waals surface area contributed by atoms with E-state index in [2.05, 4.69) is 19.7 Å². The summed E-state index contributed by atoms with van der Waals surface area (Å²) in [7, 11) is 0. The number of guanidine groups is 2. The number of ether oxygens (including phenoxy) is 1. The number of hydrogen-bond donors (Lipinski definition) is 6. The van der Waals surface area contributed by atoms with Gasteiger partial charge in [0.15, 0.2) is 23.7 Å². The van der Waals surface area contributed by atoms with Gasteiger partial charge in [-0.25, -0.2) is 14.8 Å². The maximum atomic E-state index is 12.7. The summed E-state index contributed by atoms with van der Waals surface area (Å²) in [5.41, 5.74) is 9.65. The minimum Gasteiger partial charge on any atom is -0.449 e. The van der Waals surface area contributed by atoms with E-state index in [0.717, 1.165) is 11.0 Å². The number of carbonyl (C=O) groups is 1. The van der Waals surface area contributed by atoms with Crippen LogP contribution in [-0.4, -0.2) is 80.9 Å². The summed E-state index contributed by atoms with van der Waals surface area (Å²) < 4.78 is 47.5. The quantitative estimate of drug-likeness (QED) is 0.219. The zero-order valence-electron chi connectivity index (χ0n) is 15.0. The van der Waals surface area contributed by atoms with E-state index in [9.17, 15) is 33.3 Å². The number of furan rings is 1. The molecular formula is C15H17F3N6O6. The smallest absolute Gasteiger partial charge is 0.449 e. The molecule has 4 atom stereocenters. The molecule has 0 aliphatic carbocycles. The van der Waals surface area contributed by atoms with Crippen LogP contribution >= 0.6 is 0 Å². The normalized spacial score (nSPS) is 32.1. The highest BCUT2D eigenvalue weighted by Crippen LogP contribution is 2.45. The second-order valence-electron chi connectivity index (χ2n) is 6.98. The molecule has 3 aliphatic heterocycles. The molecule has 1 fully saturated rings. The van der Waals surface area contributed by atoms with E-state index in [4.69, 9.17) is 16.2 Å². The molecule has 0 amide bonds. The molecule has 0 aromatic carbocycles. The van der Waals surface area contributed by atoms with Crippen LogP contribution in [0.5, 0.6) is 0 Å². The van der Waals surface area contributed by atoms with Gasteiger partial charge in [-0.15, -0.1) is 0 Å². The van der Waals surface area contributed by atoms with E-state index >= 15 is 0 Å². The number of carbonyl (C=O) groups excluding carboxylic acids is 1. The van der Waals surface area contributed by atoms with E-state index in [1.54, 1.807) is 0 Å². The third-order valence-corrected chi connectivity index (χ3v) is 5.27. The number of aliphatic hydroxyl groups excluding tert-OH is 1. The molecule has 0 bridgehead atoms. The number of aliphatic hydroxyl groups is 3. The van der Waals surface area contributed by atoms with Gasteiger partial charge in [0, 0.05) is 0 Å². The zero-order chi connectivity index (χ0) is 22.1. The fourth-order valence-corrected chi connectivity index (χ4v) is 3.96. The van der Waals surface area contributed by atoms with Crippen LogP contribution in [0, 0.1) is 0 Å². The van der Waals surface area contributed by atoms with Crippen LogP contribution in [0.2, 0.25) is 0 Å². The van der Waals surface area contributed by atoms with Gasteiger partial charge >= 0.3 is 12.1 Å². The summed E-state index contributed by atoms with van der Waals surface area (Å²) in [6.45, 7) is -0.960. The van der Waals surface area contributed by atoms with Gasteiger partial charge in [-0.2, -0.15) is 13.2 Å². The fourth-order valence-electron chi connectivity index (χ4n) is 3.96. The second kappa shape index (κ2) is 6.23. The van der Waals surface area contributed by atoms with E-state index in [0.29, 0.717) is 6.07 Å². The molecule has 12 nitrogen and oxygen atoms in total. The number of esters is 1. The second-order valence-corrected chi connectivity index (χ2v) is 6.98. The van der Waals surface area contributed by atoms with Crippen molar-refractivity contribution in [1.82, 2.24) is 10.2 Å². The van der Waals surface area contributed by atoms with Crippen molar-refractivity contribution in [3.63, 3.8) is 0 Å². The fraction of sp³-hybridized carbons (Fsp3) is 0.533. The van der Waals surface area contributed by atoms with Crippen LogP contribution in [0.15, 0.2) is 26.5 Å². The first-order valence-corrected chi connectivity index (χ1v) is 8.57. The van der Waals surface area contributed by atoms with Crippen LogP contribution in [0.1, 0.15) is 16.3 Å². The van der Waals surface area contributed by atoms with E-state index in [-0.39, 0.29) is 11.9 Å². The lowest BCUT2D eigenvalue weighted by Crippen LogP contribution is -2.77. The van der Waals surface area contributed by atoms with Gasteiger partial charge in [-0.05, 0) is 12.1 Å². The predicted molar refractivity (Wildman–Crippen MR) is 90.6 cm³/mol. The molecule has 1 aromatic heterocycles. The molecule has 1 spiro atoms. The molecule has 164 valence electrons. The Morgan fingerprint density at radius 3 is 2.67 bits per heavy atom. The van der Waals surface area contributed by atoms with Gasteiger partial charge in [-0.3, -0.25) is 0 Å². The monoisotopic (exact) mass is 434 g/mol. The average molecular weight is 434 g/mol. The minimum atomic E-state index is -4.82. The molecule has 8 N–H and O–H groups in total. The third kappa shape index (κ3) is 2.62. The molecule has 1 saturated heterocycles. The van der Waals surface area contributed by atoms with Crippen molar-refractivity contribution in [2.24, 2.45) is 21.5 Å².